The van der Waals surface area contributed by atoms with E-state index in [9.17, 15) is 14.7 Å². The summed E-state index contributed by atoms with van der Waals surface area (Å²) >= 11 is 0. The van der Waals surface area contributed by atoms with Gasteiger partial charge in [0.15, 0.2) is 5.78 Å². The van der Waals surface area contributed by atoms with E-state index in [-0.39, 0.29) is 17.4 Å². The number of benzene rings is 1. The van der Waals surface area contributed by atoms with Gasteiger partial charge in [-0.1, -0.05) is 0 Å². The monoisotopic (exact) mass is 418 g/mol. The van der Waals surface area contributed by atoms with Crippen molar-refractivity contribution in [2.45, 2.75) is 12.8 Å². The molecule has 3 aliphatic rings. The van der Waals surface area contributed by atoms with Gasteiger partial charge in [0.2, 0.25) is 0 Å². The lowest BCUT2D eigenvalue weighted by Crippen LogP contribution is -2.26. The van der Waals surface area contributed by atoms with Crippen LogP contribution in [0.5, 0.6) is 5.75 Å². The van der Waals surface area contributed by atoms with Crippen LogP contribution < -0.4 is 10.6 Å². The van der Waals surface area contributed by atoms with E-state index >= 15 is 0 Å². The first-order chi connectivity index (χ1) is 14.8. The second kappa shape index (κ2) is 8.17. The van der Waals surface area contributed by atoms with Crippen molar-refractivity contribution in [2.24, 2.45) is 9.98 Å². The number of ketones is 1. The van der Waals surface area contributed by atoms with Crippen molar-refractivity contribution in [3.63, 3.8) is 0 Å². The van der Waals surface area contributed by atoms with E-state index in [2.05, 4.69) is 14.9 Å². The fourth-order valence-electron chi connectivity index (χ4n) is 4.01. The molecular weight excluding hydrogens is 392 g/mol. The molecule has 1 aromatic rings. The molecule has 2 heterocycles. The molecule has 0 spiro atoms. The average Bonchev–Trinajstić information content (AvgIpc) is 3.27. The molecule has 1 aromatic carbocycles. The minimum absolute atomic E-state index is 0.0126. The molecule has 0 bridgehead atoms. The molecule has 0 atom stereocenters. The van der Waals surface area contributed by atoms with Gasteiger partial charge in [-0.3, -0.25) is 14.6 Å². The number of fused-ring (bicyclic) bond motifs is 2. The molecule has 0 fully saturated rings. The Kier molecular flexibility index (Phi) is 5.56. The van der Waals surface area contributed by atoms with Crippen LogP contribution in [-0.4, -0.2) is 74.1 Å². The molecule has 7 heteroatoms. The Labute approximate surface area is 181 Å². The zero-order chi connectivity index (χ0) is 22.3. The van der Waals surface area contributed by atoms with Gasteiger partial charge in [-0.25, -0.2) is 4.99 Å². The summed E-state index contributed by atoms with van der Waals surface area (Å²) in [6.45, 7) is 1.48. The minimum Gasteiger partial charge on any atom is -0.507 e. The molecular formula is C24H26N4O3. The molecule has 1 amide bonds. The smallest absolute Gasteiger partial charge is 0.274 e. The standard InChI is InChI=1S/C24H26N4O3/c1-27(2)11-9-14-13-25-22-15(6-8-19(29)20(14)22)16-5-7-18-21(23(16)30)17(24(31)26-18)10-12-28(3)4/h5-8,13,30H,9-12H2,1-4H3. The maximum Gasteiger partial charge on any atom is 0.274 e. The molecule has 4 rings (SSSR count). The number of hydrogen-bond donors (Lipinski definition) is 1. The van der Waals surface area contributed by atoms with Crippen molar-refractivity contribution < 1.29 is 14.7 Å². The fourth-order valence-corrected chi connectivity index (χ4v) is 4.01. The number of amides is 1. The van der Waals surface area contributed by atoms with Gasteiger partial charge in [-0.2, -0.15) is 0 Å². The zero-order valence-corrected chi connectivity index (χ0v) is 18.3. The summed E-state index contributed by atoms with van der Waals surface area (Å²) in [5, 5.41) is 12.1. The van der Waals surface area contributed by atoms with Gasteiger partial charge in [-0.15, -0.1) is 0 Å². The second-order valence-corrected chi connectivity index (χ2v) is 8.48. The van der Waals surface area contributed by atoms with Crippen LogP contribution in [0, 0.1) is 0 Å². The molecule has 7 nitrogen and oxygen atoms in total. The van der Waals surface area contributed by atoms with Crippen molar-refractivity contribution in [3.8, 4) is 5.75 Å². The van der Waals surface area contributed by atoms with Crippen LogP contribution in [0.15, 0.2) is 51.1 Å². The Balaban J connectivity index is 1.84. The van der Waals surface area contributed by atoms with E-state index in [1.165, 1.54) is 6.08 Å². The second-order valence-electron chi connectivity index (χ2n) is 8.48. The van der Waals surface area contributed by atoms with Crippen LogP contribution >= 0.6 is 0 Å². The van der Waals surface area contributed by atoms with Gasteiger partial charge in [0.1, 0.15) is 5.75 Å². The Morgan fingerprint density at radius 2 is 1.68 bits per heavy atom. The summed E-state index contributed by atoms with van der Waals surface area (Å²) in [5.74, 6) is -0.366. The van der Waals surface area contributed by atoms with Crippen molar-refractivity contribution in [1.82, 2.24) is 9.80 Å². The van der Waals surface area contributed by atoms with Crippen LogP contribution in [0.2, 0.25) is 0 Å². The molecule has 1 N–H and O–H groups in total. The topological polar surface area (TPSA) is 85.6 Å². The number of hydrogen-bond acceptors (Lipinski definition) is 6. The number of rotatable bonds is 7. The number of phenols is 1. The predicted molar refractivity (Wildman–Crippen MR) is 120 cm³/mol. The molecule has 1 aliphatic carbocycles. The number of phenolic OH excluding ortho intramolecular Hbond substituents is 1. The fraction of sp³-hybridized carbons (Fsp3) is 0.333. The van der Waals surface area contributed by atoms with E-state index in [0.717, 1.165) is 12.1 Å². The van der Waals surface area contributed by atoms with Crippen LogP contribution in [0.3, 0.4) is 0 Å². The first kappa shape index (κ1) is 21.1. The third-order valence-electron chi connectivity index (χ3n) is 5.68. The molecule has 0 radical (unpaired) electrons. The maximum atomic E-state index is 12.6. The van der Waals surface area contributed by atoms with Crippen LogP contribution in [0.1, 0.15) is 18.4 Å². The highest BCUT2D eigenvalue weighted by Gasteiger charge is 2.29. The summed E-state index contributed by atoms with van der Waals surface area (Å²) < 4.78 is 0. The molecule has 0 unspecified atom stereocenters. The van der Waals surface area contributed by atoms with Crippen LogP contribution in [0.4, 0.5) is 0 Å². The van der Waals surface area contributed by atoms with Crippen molar-refractivity contribution in [1.29, 1.82) is 0 Å². The number of nitrogens with zero attached hydrogens (tertiary/aromatic N) is 4. The summed E-state index contributed by atoms with van der Waals surface area (Å²) in [6, 6.07) is 3.49. The Morgan fingerprint density at radius 3 is 2.39 bits per heavy atom. The summed E-state index contributed by atoms with van der Waals surface area (Å²) in [6.07, 6.45) is 6.18. The number of carbonyl (C=O) groups excluding carboxylic acids is 2. The first-order valence-corrected chi connectivity index (χ1v) is 10.3. The van der Waals surface area contributed by atoms with E-state index < -0.39 is 0 Å². The lowest BCUT2D eigenvalue weighted by atomic mass is 9.89. The molecule has 0 saturated heterocycles. The Hall–Kier alpha value is -3.16. The van der Waals surface area contributed by atoms with E-state index in [1.54, 1.807) is 24.4 Å². The number of aliphatic imine (C=N–C) groups is 1. The lowest BCUT2D eigenvalue weighted by molar-refractivity contribution is -0.113. The number of carbonyl (C=O) groups is 2. The summed E-state index contributed by atoms with van der Waals surface area (Å²) in [4.78, 5) is 37.7. The lowest BCUT2D eigenvalue weighted by Gasteiger charge is -2.16. The highest BCUT2D eigenvalue weighted by molar-refractivity contribution is 6.19. The highest BCUT2D eigenvalue weighted by atomic mass is 16.3. The van der Waals surface area contributed by atoms with Crippen LogP contribution in [0.25, 0.3) is 11.1 Å². The Morgan fingerprint density at radius 1 is 0.968 bits per heavy atom. The van der Waals surface area contributed by atoms with E-state index in [1.807, 2.05) is 33.1 Å². The maximum absolute atomic E-state index is 12.6. The molecule has 0 aromatic heterocycles. The molecule has 2 aliphatic heterocycles. The average molecular weight is 418 g/mol. The third kappa shape index (κ3) is 3.82. The van der Waals surface area contributed by atoms with Crippen molar-refractivity contribution in [2.75, 3.05) is 41.3 Å². The van der Waals surface area contributed by atoms with E-state index in [4.69, 9.17) is 0 Å². The van der Waals surface area contributed by atoms with Crippen LogP contribution in [-0.2, 0) is 9.59 Å². The summed E-state index contributed by atoms with van der Waals surface area (Å²) in [5.41, 5.74) is 3.82. The van der Waals surface area contributed by atoms with Gasteiger partial charge in [0.25, 0.3) is 5.91 Å². The van der Waals surface area contributed by atoms with Gasteiger partial charge in [0.05, 0.1) is 21.8 Å². The largest absolute Gasteiger partial charge is 0.507 e. The number of allylic oxidation sites excluding steroid dienone is 4. The van der Waals surface area contributed by atoms with Gasteiger partial charge in [-0.05, 0) is 70.9 Å². The number of aromatic hydroxyl groups is 1. The molecule has 31 heavy (non-hydrogen) atoms. The molecule has 0 saturated carbocycles. The highest BCUT2D eigenvalue weighted by Crippen LogP contribution is 2.37. The van der Waals surface area contributed by atoms with E-state index in [0.29, 0.717) is 57.9 Å². The van der Waals surface area contributed by atoms with Gasteiger partial charge in [0, 0.05) is 36.0 Å². The normalized spacial score (nSPS) is 17.4. The van der Waals surface area contributed by atoms with Crippen molar-refractivity contribution >= 4 is 29.1 Å². The van der Waals surface area contributed by atoms with Gasteiger partial charge < -0.3 is 14.9 Å². The Bertz CT molecular complexity index is 1230. The third-order valence-corrected chi connectivity index (χ3v) is 5.68. The molecule has 160 valence electrons. The quantitative estimate of drug-likeness (QED) is 0.709. The van der Waals surface area contributed by atoms with Gasteiger partial charge >= 0.3 is 0 Å². The summed E-state index contributed by atoms with van der Waals surface area (Å²) in [7, 11) is 7.85. The zero-order valence-electron chi connectivity index (χ0n) is 18.3. The predicted octanol–water partition coefficient (Wildman–Crippen LogP) is 0.837. The minimum atomic E-state index is -0.304. The SMILES string of the molecule is CN(C)CCC1=C2C(=O)C=CC(c3ccc4c(c3O)=C(CCN(C)C)C(=O)N=4)=C2N=C1. The van der Waals surface area contributed by atoms with Crippen molar-refractivity contribution in [3.05, 3.63) is 57.3 Å². The first-order valence-electron chi connectivity index (χ1n) is 10.3.